The second kappa shape index (κ2) is 5.99. The molecular formula is C11H13Cl2NO. The summed E-state index contributed by atoms with van der Waals surface area (Å²) in [5.74, 6) is -0.0233. The van der Waals surface area contributed by atoms with Crippen LogP contribution in [0, 0.1) is 0 Å². The molecule has 0 aliphatic rings. The molecule has 1 atom stereocenters. The summed E-state index contributed by atoms with van der Waals surface area (Å²) in [6.45, 7) is 2.33. The number of benzene rings is 1. The van der Waals surface area contributed by atoms with Crippen LogP contribution < -0.4 is 5.32 Å². The Kier molecular flexibility index (Phi) is 4.92. The molecule has 2 nitrogen and oxygen atoms in total. The van der Waals surface area contributed by atoms with Gasteiger partial charge in [0.1, 0.15) is 0 Å². The van der Waals surface area contributed by atoms with Crippen molar-refractivity contribution in [2.24, 2.45) is 0 Å². The van der Waals surface area contributed by atoms with E-state index in [0.29, 0.717) is 18.0 Å². The molecule has 0 bridgehead atoms. The molecule has 0 heterocycles. The van der Waals surface area contributed by atoms with E-state index in [1.807, 2.05) is 19.1 Å². The van der Waals surface area contributed by atoms with E-state index in [9.17, 15) is 4.79 Å². The summed E-state index contributed by atoms with van der Waals surface area (Å²) in [5.41, 5.74) is 0.944. The van der Waals surface area contributed by atoms with Crippen LogP contribution in [0.1, 0.15) is 12.5 Å². The van der Waals surface area contributed by atoms with Gasteiger partial charge in [0.15, 0.2) is 0 Å². The van der Waals surface area contributed by atoms with Crippen LogP contribution in [0.5, 0.6) is 0 Å². The van der Waals surface area contributed by atoms with Crippen molar-refractivity contribution in [2.75, 3.05) is 6.54 Å². The van der Waals surface area contributed by atoms with Crippen LogP contribution in [0.15, 0.2) is 24.3 Å². The molecule has 1 aromatic carbocycles. The van der Waals surface area contributed by atoms with Crippen LogP contribution >= 0.6 is 23.2 Å². The molecule has 1 amide bonds. The van der Waals surface area contributed by atoms with Gasteiger partial charge in [-0.05, 0) is 24.6 Å². The van der Waals surface area contributed by atoms with Crippen LogP contribution in [-0.2, 0) is 11.2 Å². The van der Waals surface area contributed by atoms with Gasteiger partial charge in [0.2, 0.25) is 5.91 Å². The molecule has 0 saturated heterocycles. The molecule has 15 heavy (non-hydrogen) atoms. The molecule has 0 fully saturated rings. The Labute approximate surface area is 99.6 Å². The fourth-order valence-electron chi connectivity index (χ4n) is 1.10. The fraction of sp³-hybridized carbons (Fsp3) is 0.364. The predicted octanol–water partition coefficient (Wildman–Crippen LogP) is 2.63. The Morgan fingerprint density at radius 2 is 2.00 bits per heavy atom. The van der Waals surface area contributed by atoms with Crippen LogP contribution in [0.4, 0.5) is 0 Å². The van der Waals surface area contributed by atoms with Crippen molar-refractivity contribution in [3.63, 3.8) is 0 Å². The van der Waals surface area contributed by atoms with Crippen molar-refractivity contribution in [2.45, 2.75) is 18.7 Å². The number of halogens is 2. The van der Waals surface area contributed by atoms with Gasteiger partial charge in [-0.2, -0.15) is 0 Å². The standard InChI is InChI=1S/C11H13Cl2NO/c1-8(12)7-14-11(15)6-9-2-4-10(13)5-3-9/h2-5,8H,6-7H2,1H3,(H,14,15). The second-order valence-electron chi connectivity index (χ2n) is 3.39. The first-order valence-electron chi connectivity index (χ1n) is 4.73. The molecule has 1 rings (SSSR count). The SMILES string of the molecule is CC(Cl)CNC(=O)Cc1ccc(Cl)cc1. The lowest BCUT2D eigenvalue weighted by Crippen LogP contribution is -2.29. The molecule has 0 aliphatic heterocycles. The Balaban J connectivity index is 2.41. The summed E-state index contributed by atoms with van der Waals surface area (Å²) in [4.78, 5) is 11.4. The highest BCUT2D eigenvalue weighted by Gasteiger charge is 2.04. The first-order chi connectivity index (χ1) is 7.08. The van der Waals surface area contributed by atoms with Gasteiger partial charge in [0.25, 0.3) is 0 Å². The minimum atomic E-state index is -0.0424. The number of carbonyl (C=O) groups excluding carboxylic acids is 1. The Morgan fingerprint density at radius 3 is 2.53 bits per heavy atom. The summed E-state index contributed by atoms with van der Waals surface area (Å²) in [6.07, 6.45) is 0.362. The van der Waals surface area contributed by atoms with Crippen molar-refractivity contribution in [3.8, 4) is 0 Å². The topological polar surface area (TPSA) is 29.1 Å². The molecule has 0 aliphatic carbocycles. The smallest absolute Gasteiger partial charge is 0.224 e. The lowest BCUT2D eigenvalue weighted by Gasteiger charge is -2.06. The zero-order valence-electron chi connectivity index (χ0n) is 8.47. The number of rotatable bonds is 4. The molecule has 82 valence electrons. The molecular weight excluding hydrogens is 233 g/mol. The average molecular weight is 246 g/mol. The molecule has 1 aromatic rings. The summed E-state index contributed by atoms with van der Waals surface area (Å²) in [6, 6.07) is 7.22. The minimum absolute atomic E-state index is 0.0233. The molecule has 1 N–H and O–H groups in total. The molecule has 0 aromatic heterocycles. The van der Waals surface area contributed by atoms with Crippen LogP contribution in [0.2, 0.25) is 5.02 Å². The van der Waals surface area contributed by atoms with E-state index in [4.69, 9.17) is 23.2 Å². The van der Waals surface area contributed by atoms with Gasteiger partial charge in [0, 0.05) is 16.9 Å². The third-order valence-electron chi connectivity index (χ3n) is 1.86. The van der Waals surface area contributed by atoms with Crippen LogP contribution in [0.3, 0.4) is 0 Å². The Bertz CT molecular complexity index is 322. The maximum atomic E-state index is 11.4. The van der Waals surface area contributed by atoms with E-state index >= 15 is 0 Å². The van der Waals surface area contributed by atoms with E-state index in [-0.39, 0.29) is 11.3 Å². The van der Waals surface area contributed by atoms with Gasteiger partial charge in [0.05, 0.1) is 6.42 Å². The largest absolute Gasteiger partial charge is 0.354 e. The van der Waals surface area contributed by atoms with Crippen molar-refractivity contribution in [1.29, 1.82) is 0 Å². The highest BCUT2D eigenvalue weighted by molar-refractivity contribution is 6.30. The maximum absolute atomic E-state index is 11.4. The third kappa shape index (κ3) is 5.05. The summed E-state index contributed by atoms with van der Waals surface area (Å²) < 4.78 is 0. The first-order valence-corrected chi connectivity index (χ1v) is 5.54. The van der Waals surface area contributed by atoms with Gasteiger partial charge in [-0.1, -0.05) is 23.7 Å². The number of nitrogens with one attached hydrogen (secondary N) is 1. The van der Waals surface area contributed by atoms with Gasteiger partial charge in [-0.3, -0.25) is 4.79 Å². The van der Waals surface area contributed by atoms with Gasteiger partial charge in [-0.25, -0.2) is 0 Å². The summed E-state index contributed by atoms with van der Waals surface area (Å²) >= 11 is 11.4. The number of alkyl halides is 1. The highest BCUT2D eigenvalue weighted by Crippen LogP contribution is 2.09. The zero-order chi connectivity index (χ0) is 11.3. The lowest BCUT2D eigenvalue weighted by molar-refractivity contribution is -0.120. The Morgan fingerprint density at radius 1 is 1.40 bits per heavy atom. The van der Waals surface area contributed by atoms with Crippen LogP contribution in [-0.4, -0.2) is 17.8 Å². The van der Waals surface area contributed by atoms with E-state index in [1.165, 1.54) is 0 Å². The molecule has 0 spiro atoms. The summed E-state index contributed by atoms with van der Waals surface area (Å²) in [7, 11) is 0. The number of amides is 1. The quantitative estimate of drug-likeness (QED) is 0.813. The minimum Gasteiger partial charge on any atom is -0.354 e. The van der Waals surface area contributed by atoms with Crippen molar-refractivity contribution >= 4 is 29.1 Å². The lowest BCUT2D eigenvalue weighted by atomic mass is 10.1. The van der Waals surface area contributed by atoms with Gasteiger partial charge >= 0.3 is 0 Å². The van der Waals surface area contributed by atoms with Crippen molar-refractivity contribution < 1.29 is 4.79 Å². The zero-order valence-corrected chi connectivity index (χ0v) is 9.98. The van der Waals surface area contributed by atoms with E-state index < -0.39 is 0 Å². The molecule has 0 saturated carbocycles. The molecule has 0 radical (unpaired) electrons. The average Bonchev–Trinajstić information content (AvgIpc) is 2.19. The third-order valence-corrected chi connectivity index (χ3v) is 2.26. The van der Waals surface area contributed by atoms with Gasteiger partial charge < -0.3 is 5.32 Å². The van der Waals surface area contributed by atoms with Gasteiger partial charge in [-0.15, -0.1) is 11.6 Å². The highest BCUT2D eigenvalue weighted by atomic mass is 35.5. The maximum Gasteiger partial charge on any atom is 0.224 e. The van der Waals surface area contributed by atoms with E-state index in [2.05, 4.69) is 5.32 Å². The predicted molar refractivity (Wildman–Crippen MR) is 63.5 cm³/mol. The monoisotopic (exact) mass is 245 g/mol. The fourth-order valence-corrected chi connectivity index (χ4v) is 1.31. The normalized spacial score (nSPS) is 12.2. The van der Waals surface area contributed by atoms with Crippen LogP contribution in [0.25, 0.3) is 0 Å². The first kappa shape index (κ1) is 12.3. The second-order valence-corrected chi connectivity index (χ2v) is 4.57. The van der Waals surface area contributed by atoms with Crippen molar-refractivity contribution in [3.05, 3.63) is 34.9 Å². The molecule has 1 unspecified atom stereocenters. The van der Waals surface area contributed by atoms with E-state index in [0.717, 1.165) is 5.56 Å². The number of hydrogen-bond acceptors (Lipinski definition) is 1. The summed E-state index contributed by atoms with van der Waals surface area (Å²) in [5, 5.41) is 3.37. The number of hydrogen-bond donors (Lipinski definition) is 1. The van der Waals surface area contributed by atoms with Crippen molar-refractivity contribution in [1.82, 2.24) is 5.32 Å². The molecule has 4 heteroatoms. The number of carbonyl (C=O) groups is 1. The Hall–Kier alpha value is -0.730. The van der Waals surface area contributed by atoms with E-state index in [1.54, 1.807) is 12.1 Å².